The maximum absolute atomic E-state index is 10.7. The van der Waals surface area contributed by atoms with E-state index in [1.54, 1.807) is 6.92 Å². The number of esters is 2. The van der Waals surface area contributed by atoms with E-state index in [0.29, 0.717) is 12.0 Å². The van der Waals surface area contributed by atoms with Crippen molar-refractivity contribution in [3.05, 3.63) is 48.6 Å². The third kappa shape index (κ3) is 23.5. The summed E-state index contributed by atoms with van der Waals surface area (Å²) in [5.74, 6) is -2.20. The molecule has 0 unspecified atom stereocenters. The molecule has 0 aromatic heterocycles. The lowest BCUT2D eigenvalue weighted by atomic mass is 10.2. The molecule has 0 atom stereocenters. The summed E-state index contributed by atoms with van der Waals surface area (Å²) in [6.45, 7) is 21.2. The van der Waals surface area contributed by atoms with Crippen molar-refractivity contribution in [3.8, 4) is 0 Å². The topological polar surface area (TPSA) is 124 Å². The average molecular weight is 369 g/mol. The summed E-state index contributed by atoms with van der Waals surface area (Å²) in [6, 6.07) is 0. The zero-order valence-corrected chi connectivity index (χ0v) is 16.6. The monoisotopic (exact) mass is 369 g/mol. The van der Waals surface area contributed by atoms with Gasteiger partial charge in [0.1, 0.15) is 0 Å². The first kappa shape index (κ1) is 31.0. The molecule has 0 saturated heterocycles. The Morgan fingerprint density at radius 2 is 1.04 bits per heavy atom. The molecule has 0 aromatic rings. The number of ketones is 1. The number of carbonyl (C=O) groups excluding carboxylic acids is 3. The largest absolute Gasteiger partial charge is 0.478 e. The van der Waals surface area contributed by atoms with Crippen LogP contribution >= 0.6 is 0 Å². The van der Waals surface area contributed by atoms with E-state index in [2.05, 4.69) is 36.8 Å². The molecule has 0 fully saturated rings. The van der Waals surface area contributed by atoms with E-state index < -0.39 is 17.9 Å². The highest BCUT2D eigenvalue weighted by Crippen LogP contribution is 1.97. The van der Waals surface area contributed by atoms with E-state index in [9.17, 15) is 19.2 Å². The Kier molecular flexibility index (Phi) is 22.1. The molecular formula is C19H31NO6. The first-order chi connectivity index (χ1) is 11.8. The summed E-state index contributed by atoms with van der Waals surface area (Å²) >= 11 is 0. The molecule has 0 radical (unpaired) electrons. The number of aliphatic carboxylic acids is 1. The predicted octanol–water partition coefficient (Wildman–Crippen LogP) is 2.97. The molecule has 0 heterocycles. The Bertz CT molecular complexity index is 522. The van der Waals surface area contributed by atoms with Gasteiger partial charge >= 0.3 is 17.9 Å². The lowest BCUT2D eigenvalue weighted by molar-refractivity contribution is -0.154. The van der Waals surface area contributed by atoms with Crippen LogP contribution in [0.25, 0.3) is 0 Å². The van der Waals surface area contributed by atoms with Gasteiger partial charge in [0.25, 0.3) is 0 Å². The molecule has 7 heteroatoms. The molecule has 7 nitrogen and oxygen atoms in total. The van der Waals surface area contributed by atoms with Crippen LogP contribution in [0.4, 0.5) is 0 Å². The van der Waals surface area contributed by atoms with Crippen LogP contribution in [0, 0.1) is 0 Å². The quantitative estimate of drug-likeness (QED) is 0.433. The number of hydrogen-bond donors (Lipinski definition) is 2. The molecule has 0 bridgehead atoms. The van der Waals surface area contributed by atoms with Gasteiger partial charge < -0.3 is 15.6 Å². The fourth-order valence-corrected chi connectivity index (χ4v) is 0.560. The van der Waals surface area contributed by atoms with E-state index >= 15 is 0 Å². The fourth-order valence-electron chi connectivity index (χ4n) is 0.560. The summed E-state index contributed by atoms with van der Waals surface area (Å²) in [5.41, 5.74) is 5.72. The highest BCUT2D eigenvalue weighted by atomic mass is 16.6. The third-order valence-electron chi connectivity index (χ3n) is 2.04. The van der Waals surface area contributed by atoms with Crippen LogP contribution in [0.3, 0.4) is 0 Å². The van der Waals surface area contributed by atoms with Crippen LogP contribution in [0.5, 0.6) is 0 Å². The van der Waals surface area contributed by atoms with Crippen molar-refractivity contribution in [1.29, 1.82) is 0 Å². The van der Waals surface area contributed by atoms with E-state index in [0.717, 1.165) is 0 Å². The van der Waals surface area contributed by atoms with Crippen molar-refractivity contribution < 1.29 is 29.0 Å². The van der Waals surface area contributed by atoms with Gasteiger partial charge in [-0.2, -0.15) is 0 Å². The lowest BCUT2D eigenvalue weighted by Gasteiger charge is -1.99. The maximum atomic E-state index is 10.7. The summed E-state index contributed by atoms with van der Waals surface area (Å²) in [5, 5.41) is 7.89. The van der Waals surface area contributed by atoms with E-state index in [1.165, 1.54) is 27.8 Å². The number of carboxylic acid groups (broad SMARTS) is 1. The number of carbonyl (C=O) groups is 4. The molecule has 0 spiro atoms. The number of rotatable bonds is 5. The molecule has 0 amide bonds. The fraction of sp³-hybridized carbons (Fsp3) is 0.368. The van der Waals surface area contributed by atoms with Crippen LogP contribution in [-0.4, -0.2) is 35.8 Å². The molecule has 0 saturated carbocycles. The Morgan fingerprint density at radius 1 is 0.769 bits per heavy atom. The van der Waals surface area contributed by atoms with Gasteiger partial charge in [0.05, 0.1) is 0 Å². The first-order valence-corrected chi connectivity index (χ1v) is 7.50. The number of hydrogen-bond acceptors (Lipinski definition) is 6. The second kappa shape index (κ2) is 18.5. The average Bonchev–Trinajstić information content (AvgIpc) is 2.56. The van der Waals surface area contributed by atoms with Gasteiger partial charge in [-0.25, -0.2) is 14.4 Å². The molecule has 0 rings (SSSR count). The number of carboxylic acids is 1. The highest BCUT2D eigenvalue weighted by molar-refractivity contribution is 6.00. The van der Waals surface area contributed by atoms with Crippen LogP contribution in [-0.2, 0) is 23.9 Å². The van der Waals surface area contributed by atoms with Crippen molar-refractivity contribution in [2.24, 2.45) is 5.73 Å². The Hall–Kier alpha value is -2.80. The third-order valence-corrected chi connectivity index (χ3v) is 2.04. The SMILES string of the molecule is C=C(C)C(=O)CC.C=C(C)C(=O)O.C=C(C)C(=O)OC(=O)C(=C)C.CN. The molecule has 0 aliphatic rings. The number of ether oxygens (including phenoxy) is 1. The Balaban J connectivity index is -0.000000140. The van der Waals surface area contributed by atoms with E-state index in [-0.39, 0.29) is 22.5 Å². The molecule has 0 aromatic carbocycles. The number of nitrogens with two attached hydrogens (primary N) is 1. The van der Waals surface area contributed by atoms with Crippen LogP contribution in [0.15, 0.2) is 48.6 Å². The van der Waals surface area contributed by atoms with Gasteiger partial charge in [-0.3, -0.25) is 4.79 Å². The minimum absolute atomic E-state index is 0.153. The molecule has 0 aliphatic heterocycles. The second-order valence-corrected chi connectivity index (χ2v) is 4.88. The van der Waals surface area contributed by atoms with Gasteiger partial charge in [0.2, 0.25) is 0 Å². The van der Waals surface area contributed by atoms with Gasteiger partial charge in [-0.05, 0) is 40.3 Å². The van der Waals surface area contributed by atoms with E-state index in [1.807, 2.05) is 6.92 Å². The van der Waals surface area contributed by atoms with Gasteiger partial charge in [0, 0.05) is 23.1 Å². The Morgan fingerprint density at radius 3 is 1.12 bits per heavy atom. The van der Waals surface area contributed by atoms with Crippen molar-refractivity contribution in [3.63, 3.8) is 0 Å². The van der Waals surface area contributed by atoms with Crippen LogP contribution < -0.4 is 5.73 Å². The molecule has 26 heavy (non-hydrogen) atoms. The zero-order chi connectivity index (χ0) is 22.0. The standard InChI is InChI=1S/C8H10O3.C6H10O.C4H6O2.CH5N/c1-5(2)7(9)11-8(10)6(3)4;1-4-6(7)5(2)3;1-3(2)4(5)6;1-2/h1,3H2,2,4H3;2,4H2,1,3H3;1H2,2H3,(H,5,6);2H2,1H3. The first-order valence-electron chi connectivity index (χ1n) is 7.50. The minimum atomic E-state index is -0.935. The van der Waals surface area contributed by atoms with Crippen molar-refractivity contribution in [1.82, 2.24) is 0 Å². The number of allylic oxidation sites excluding steroid dienone is 1. The highest BCUT2D eigenvalue weighted by Gasteiger charge is 2.10. The van der Waals surface area contributed by atoms with Crippen molar-refractivity contribution >= 4 is 23.7 Å². The van der Waals surface area contributed by atoms with E-state index in [4.69, 9.17) is 5.11 Å². The number of Topliss-reactive ketones (excluding diaryl/α,β-unsaturated/α-hetero) is 1. The summed E-state index contributed by atoms with van der Waals surface area (Å²) in [6.07, 6.45) is 0.579. The molecule has 3 N–H and O–H groups in total. The van der Waals surface area contributed by atoms with Gasteiger partial charge in [-0.15, -0.1) is 0 Å². The Labute approximate surface area is 155 Å². The molecule has 148 valence electrons. The van der Waals surface area contributed by atoms with Gasteiger partial charge in [-0.1, -0.05) is 33.2 Å². The summed E-state index contributed by atoms with van der Waals surface area (Å²) in [4.78, 5) is 41.4. The van der Waals surface area contributed by atoms with Crippen LogP contribution in [0.2, 0.25) is 0 Å². The summed E-state index contributed by atoms with van der Waals surface area (Å²) < 4.78 is 4.30. The maximum Gasteiger partial charge on any atom is 0.340 e. The minimum Gasteiger partial charge on any atom is -0.478 e. The molecular weight excluding hydrogens is 338 g/mol. The lowest BCUT2D eigenvalue weighted by Crippen LogP contribution is -2.12. The van der Waals surface area contributed by atoms with Crippen molar-refractivity contribution in [2.45, 2.75) is 41.0 Å². The summed E-state index contributed by atoms with van der Waals surface area (Å²) in [7, 11) is 1.50. The zero-order valence-electron chi connectivity index (χ0n) is 16.6. The van der Waals surface area contributed by atoms with Crippen LogP contribution in [0.1, 0.15) is 41.0 Å². The predicted molar refractivity (Wildman–Crippen MR) is 103 cm³/mol. The normalized spacial score (nSPS) is 7.81. The van der Waals surface area contributed by atoms with Crippen molar-refractivity contribution in [2.75, 3.05) is 7.05 Å². The van der Waals surface area contributed by atoms with Gasteiger partial charge in [0.15, 0.2) is 5.78 Å². The molecule has 0 aliphatic carbocycles. The smallest absolute Gasteiger partial charge is 0.340 e. The second-order valence-electron chi connectivity index (χ2n) is 4.88.